The van der Waals surface area contributed by atoms with Crippen LogP contribution in [0.25, 0.3) is 0 Å². The highest BCUT2D eigenvalue weighted by Gasteiger charge is 2.34. The summed E-state index contributed by atoms with van der Waals surface area (Å²) in [5, 5.41) is 2.81. The van der Waals surface area contributed by atoms with Crippen molar-refractivity contribution >= 4 is 23.5 Å². The maximum absolute atomic E-state index is 13.6. The summed E-state index contributed by atoms with van der Waals surface area (Å²) in [5.41, 5.74) is 8.59. The molecule has 4 amide bonds. The van der Waals surface area contributed by atoms with E-state index in [1.807, 2.05) is 29.2 Å². The summed E-state index contributed by atoms with van der Waals surface area (Å²) in [6.45, 7) is 1.74. The van der Waals surface area contributed by atoms with Gasteiger partial charge in [-0.05, 0) is 84.7 Å². The first kappa shape index (κ1) is 29.2. The van der Waals surface area contributed by atoms with Gasteiger partial charge < -0.3 is 16.0 Å². The number of carbonyl (C=O) groups excluding carboxylic acids is 3. The lowest BCUT2D eigenvalue weighted by molar-refractivity contribution is -0.131. The molecule has 1 aliphatic heterocycles. The molecule has 220 valence electrons. The third-order valence-corrected chi connectivity index (χ3v) is 8.37. The number of nitrogens with two attached hydrogens (primary N) is 1. The summed E-state index contributed by atoms with van der Waals surface area (Å²) in [4.78, 5) is 42.5. The van der Waals surface area contributed by atoms with Crippen molar-refractivity contribution in [3.8, 4) is 0 Å². The number of nitrogens with zero attached hydrogens (tertiary/aromatic N) is 2. The molecular weight excluding hydrogens is 538 g/mol. The third kappa shape index (κ3) is 6.78. The minimum Gasteiger partial charge on any atom is -0.368 e. The molecule has 1 saturated heterocycles. The van der Waals surface area contributed by atoms with Crippen molar-refractivity contribution in [2.75, 3.05) is 18.0 Å². The van der Waals surface area contributed by atoms with Crippen LogP contribution in [0.5, 0.6) is 0 Å². The molecule has 7 nitrogen and oxygen atoms in total. The quantitative estimate of drug-likeness (QED) is 0.356. The molecule has 3 aromatic carbocycles. The number of hydrogen-bond acceptors (Lipinski definition) is 3. The number of urea groups is 1. The van der Waals surface area contributed by atoms with Gasteiger partial charge in [0, 0.05) is 24.7 Å². The summed E-state index contributed by atoms with van der Waals surface area (Å²) in [6, 6.07) is 18.1. The first-order valence-electron chi connectivity index (χ1n) is 14.6. The molecule has 9 heteroatoms. The van der Waals surface area contributed by atoms with Crippen LogP contribution in [0.15, 0.2) is 72.8 Å². The van der Waals surface area contributed by atoms with Gasteiger partial charge in [0.05, 0.1) is 6.54 Å². The minimum absolute atomic E-state index is 0.0472. The van der Waals surface area contributed by atoms with Crippen LogP contribution >= 0.6 is 0 Å². The summed E-state index contributed by atoms with van der Waals surface area (Å²) in [7, 11) is 0. The van der Waals surface area contributed by atoms with Crippen LogP contribution in [0.1, 0.15) is 67.2 Å². The number of hydrogen-bond donors (Lipinski definition) is 2. The number of halogens is 2. The first-order chi connectivity index (χ1) is 20.3. The fraction of sp³-hybridized carbons (Fsp3) is 0.364. The number of rotatable bonds is 8. The van der Waals surface area contributed by atoms with Crippen molar-refractivity contribution in [2.45, 2.75) is 57.0 Å². The van der Waals surface area contributed by atoms with Gasteiger partial charge in [0.2, 0.25) is 11.8 Å². The molecule has 1 aliphatic carbocycles. The van der Waals surface area contributed by atoms with E-state index in [4.69, 9.17) is 5.73 Å². The maximum Gasteiger partial charge on any atom is 0.324 e. The van der Waals surface area contributed by atoms with E-state index < -0.39 is 17.8 Å². The largest absolute Gasteiger partial charge is 0.368 e. The van der Waals surface area contributed by atoms with Crippen molar-refractivity contribution in [3.63, 3.8) is 0 Å². The number of amides is 4. The molecule has 3 unspecified atom stereocenters. The van der Waals surface area contributed by atoms with Crippen LogP contribution in [-0.2, 0) is 16.1 Å². The van der Waals surface area contributed by atoms with E-state index in [0.717, 1.165) is 43.2 Å². The highest BCUT2D eigenvalue weighted by atomic mass is 19.1. The second kappa shape index (κ2) is 13.1. The summed E-state index contributed by atoms with van der Waals surface area (Å²) < 4.78 is 27.0. The second-order valence-electron chi connectivity index (χ2n) is 11.2. The van der Waals surface area contributed by atoms with Gasteiger partial charge in [-0.25, -0.2) is 13.6 Å². The number of nitrogens with one attached hydrogen (secondary N) is 1. The van der Waals surface area contributed by atoms with E-state index in [9.17, 15) is 23.2 Å². The van der Waals surface area contributed by atoms with Crippen molar-refractivity contribution in [3.05, 3.63) is 101 Å². The Labute approximate surface area is 244 Å². The predicted molar refractivity (Wildman–Crippen MR) is 156 cm³/mol. The highest BCUT2D eigenvalue weighted by molar-refractivity contribution is 5.92. The van der Waals surface area contributed by atoms with Gasteiger partial charge >= 0.3 is 6.03 Å². The van der Waals surface area contributed by atoms with E-state index in [0.29, 0.717) is 37.3 Å². The Kier molecular flexibility index (Phi) is 9.15. The molecule has 0 bridgehead atoms. The average Bonchev–Trinajstić information content (AvgIpc) is 3.55. The summed E-state index contributed by atoms with van der Waals surface area (Å²) in [6.07, 6.45) is 5.32. The second-order valence-corrected chi connectivity index (χ2v) is 11.2. The number of benzene rings is 3. The molecule has 3 N–H and O–H groups in total. The highest BCUT2D eigenvalue weighted by Crippen LogP contribution is 2.38. The Bertz CT molecular complexity index is 1390. The van der Waals surface area contributed by atoms with Crippen LogP contribution in [0.2, 0.25) is 0 Å². The van der Waals surface area contributed by atoms with Crippen LogP contribution in [0.4, 0.5) is 19.3 Å². The van der Waals surface area contributed by atoms with Crippen LogP contribution in [0.3, 0.4) is 0 Å². The Morgan fingerprint density at radius 3 is 2.05 bits per heavy atom. The zero-order valence-electron chi connectivity index (χ0n) is 23.5. The Balaban J connectivity index is 1.32. The Morgan fingerprint density at radius 2 is 1.43 bits per heavy atom. The minimum atomic E-state index is -1.05. The fourth-order valence-electron chi connectivity index (χ4n) is 6.09. The lowest BCUT2D eigenvalue weighted by Gasteiger charge is -2.32. The number of likely N-dealkylation sites (tertiary alicyclic amines) is 1. The molecule has 1 saturated carbocycles. The van der Waals surface area contributed by atoms with Crippen LogP contribution in [-0.4, -0.2) is 35.8 Å². The molecule has 2 aliphatic rings. The van der Waals surface area contributed by atoms with Gasteiger partial charge in [-0.1, -0.05) is 49.2 Å². The smallest absolute Gasteiger partial charge is 0.324 e. The van der Waals surface area contributed by atoms with E-state index in [-0.39, 0.29) is 29.6 Å². The zero-order chi connectivity index (χ0) is 29.6. The summed E-state index contributed by atoms with van der Waals surface area (Å²) in [5.74, 6) is -2.15. The summed E-state index contributed by atoms with van der Waals surface area (Å²) >= 11 is 0. The van der Waals surface area contributed by atoms with Crippen molar-refractivity contribution < 1.29 is 23.2 Å². The molecule has 2 fully saturated rings. The molecule has 1 heterocycles. The average molecular weight is 575 g/mol. The van der Waals surface area contributed by atoms with Crippen molar-refractivity contribution in [1.29, 1.82) is 0 Å². The predicted octanol–water partition coefficient (Wildman–Crippen LogP) is 5.80. The first-order valence-corrected chi connectivity index (χ1v) is 14.6. The molecule has 0 spiro atoms. The molecule has 42 heavy (non-hydrogen) atoms. The van der Waals surface area contributed by atoms with Gasteiger partial charge in [0.25, 0.3) is 0 Å². The van der Waals surface area contributed by atoms with E-state index in [1.54, 1.807) is 17.0 Å². The van der Waals surface area contributed by atoms with Gasteiger partial charge in [-0.15, -0.1) is 0 Å². The normalized spacial score (nSPS) is 19.2. The van der Waals surface area contributed by atoms with Crippen LogP contribution < -0.4 is 16.0 Å². The monoisotopic (exact) mass is 574 g/mol. The SMILES string of the molecule is NC(=O)C(NC(=O)C1CCCCC1c1ccc(CN(C(=O)N2CCCC2)c2ccc(F)cc2)cc1)c1ccc(F)cc1. The standard InChI is InChI=1S/C33H36F2N4O3/c34-25-13-11-24(12-14-25)30(31(36)40)37-32(41)29-6-2-1-5-28(29)23-9-7-22(8-10-23)21-39(27-17-15-26(35)16-18-27)33(42)38-19-3-4-20-38/h7-18,28-30H,1-6,19-21H2,(H2,36,40)(H,37,41). The topological polar surface area (TPSA) is 95.7 Å². The fourth-order valence-corrected chi connectivity index (χ4v) is 6.09. The Hall–Kier alpha value is -4.27. The molecule has 5 rings (SSSR count). The molecule has 3 aromatic rings. The van der Waals surface area contributed by atoms with E-state index in [1.165, 1.54) is 36.4 Å². The number of primary amides is 1. The van der Waals surface area contributed by atoms with Gasteiger partial charge in [0.15, 0.2) is 0 Å². The van der Waals surface area contributed by atoms with Crippen LogP contribution in [0, 0.1) is 17.6 Å². The molecular formula is C33H36F2N4O3. The lowest BCUT2D eigenvalue weighted by Crippen LogP contribution is -2.42. The van der Waals surface area contributed by atoms with Gasteiger partial charge in [-0.3, -0.25) is 14.5 Å². The molecule has 3 atom stereocenters. The van der Waals surface area contributed by atoms with Gasteiger partial charge in [0.1, 0.15) is 17.7 Å². The zero-order valence-corrected chi connectivity index (χ0v) is 23.5. The van der Waals surface area contributed by atoms with Crippen molar-refractivity contribution in [2.24, 2.45) is 11.7 Å². The maximum atomic E-state index is 13.6. The van der Waals surface area contributed by atoms with E-state index >= 15 is 0 Å². The van der Waals surface area contributed by atoms with Crippen molar-refractivity contribution in [1.82, 2.24) is 10.2 Å². The number of carbonyl (C=O) groups is 3. The Morgan fingerprint density at radius 1 is 0.833 bits per heavy atom. The number of anilines is 1. The molecule has 0 aromatic heterocycles. The van der Waals surface area contributed by atoms with Gasteiger partial charge in [-0.2, -0.15) is 0 Å². The third-order valence-electron chi connectivity index (χ3n) is 8.37. The lowest BCUT2D eigenvalue weighted by atomic mass is 9.74. The van der Waals surface area contributed by atoms with E-state index in [2.05, 4.69) is 5.32 Å². The molecule has 0 radical (unpaired) electrons.